The van der Waals surface area contributed by atoms with Crippen molar-refractivity contribution in [3.05, 3.63) is 59.9 Å². The molecule has 0 fully saturated rings. The first-order valence-corrected chi connectivity index (χ1v) is 6.71. The lowest BCUT2D eigenvalue weighted by Crippen LogP contribution is -2.24. The normalized spacial score (nSPS) is 10.0. The molecule has 2 rings (SSSR count). The van der Waals surface area contributed by atoms with E-state index in [-0.39, 0.29) is 23.6 Å². The van der Waals surface area contributed by atoms with Crippen LogP contribution >= 0.6 is 0 Å². The maximum atomic E-state index is 13.4. The average molecular weight is 318 g/mol. The van der Waals surface area contributed by atoms with Gasteiger partial charge in [-0.3, -0.25) is 14.4 Å². The van der Waals surface area contributed by atoms with Gasteiger partial charge in [-0.2, -0.15) is 0 Å². The molecule has 0 aliphatic heterocycles. The number of nitrogens with one attached hydrogen (secondary N) is 2. The number of hydrogen-bond acceptors (Lipinski definition) is 4. The van der Waals surface area contributed by atoms with Gasteiger partial charge in [-0.1, -0.05) is 24.3 Å². The fraction of sp³-hybridized carbons (Fsp3) is 0.125. The molecule has 120 valence electrons. The molecule has 0 unspecified atom stereocenters. The number of carbonyl (C=O) groups is 2. The molecule has 0 heterocycles. The number of hydrogen-bond donors (Lipinski definition) is 2. The third-order valence-electron chi connectivity index (χ3n) is 2.83. The average Bonchev–Trinajstić information content (AvgIpc) is 2.55. The van der Waals surface area contributed by atoms with Gasteiger partial charge in [-0.05, 0) is 24.3 Å². The molecule has 0 saturated heterocycles. The molecule has 0 atom stereocenters. The standard InChI is InChI=1S/C16H15FN2O4/c1-22-19-16(21)11-6-2-5-9-14(11)23-10-15(20)18-13-8-4-3-7-12(13)17/h2-9H,10H2,1H3,(H,18,20)(H,19,21). The third-order valence-corrected chi connectivity index (χ3v) is 2.83. The smallest absolute Gasteiger partial charge is 0.278 e. The summed E-state index contributed by atoms with van der Waals surface area (Å²) in [4.78, 5) is 28.2. The Morgan fingerprint density at radius 3 is 2.52 bits per heavy atom. The van der Waals surface area contributed by atoms with Gasteiger partial charge in [-0.15, -0.1) is 0 Å². The summed E-state index contributed by atoms with van der Waals surface area (Å²) in [6.45, 7) is -0.369. The van der Waals surface area contributed by atoms with E-state index in [1.165, 1.54) is 31.4 Å². The number of benzene rings is 2. The first-order chi connectivity index (χ1) is 11.1. The highest BCUT2D eigenvalue weighted by Gasteiger charge is 2.13. The molecule has 0 bridgehead atoms. The SMILES string of the molecule is CONC(=O)c1ccccc1OCC(=O)Nc1ccccc1F. The van der Waals surface area contributed by atoms with E-state index in [1.54, 1.807) is 24.3 Å². The number of ether oxygens (including phenoxy) is 1. The van der Waals surface area contributed by atoms with Crippen molar-refractivity contribution in [3.63, 3.8) is 0 Å². The zero-order valence-electron chi connectivity index (χ0n) is 12.3. The van der Waals surface area contributed by atoms with Crippen molar-refractivity contribution in [1.82, 2.24) is 5.48 Å². The van der Waals surface area contributed by atoms with Crippen LogP contribution in [0.2, 0.25) is 0 Å². The van der Waals surface area contributed by atoms with Gasteiger partial charge < -0.3 is 10.1 Å². The van der Waals surface area contributed by atoms with Crippen LogP contribution in [0.5, 0.6) is 5.75 Å². The quantitative estimate of drug-likeness (QED) is 0.800. The van der Waals surface area contributed by atoms with Gasteiger partial charge in [0.1, 0.15) is 11.6 Å². The van der Waals surface area contributed by atoms with Crippen molar-refractivity contribution in [3.8, 4) is 5.75 Å². The molecule has 6 nitrogen and oxygen atoms in total. The lowest BCUT2D eigenvalue weighted by atomic mass is 10.2. The van der Waals surface area contributed by atoms with Crippen LogP contribution in [0.4, 0.5) is 10.1 Å². The van der Waals surface area contributed by atoms with Crippen LogP contribution in [0.1, 0.15) is 10.4 Å². The second-order valence-electron chi connectivity index (χ2n) is 4.45. The van der Waals surface area contributed by atoms with Gasteiger partial charge >= 0.3 is 0 Å². The van der Waals surface area contributed by atoms with Crippen molar-refractivity contribution in [2.75, 3.05) is 19.0 Å². The summed E-state index contributed by atoms with van der Waals surface area (Å²) in [6, 6.07) is 12.2. The second kappa shape index (κ2) is 7.90. The zero-order chi connectivity index (χ0) is 16.7. The summed E-state index contributed by atoms with van der Waals surface area (Å²) in [6.07, 6.45) is 0. The van der Waals surface area contributed by atoms with Crippen LogP contribution in [0, 0.1) is 5.82 Å². The fourth-order valence-electron chi connectivity index (χ4n) is 1.82. The molecular weight excluding hydrogens is 303 g/mol. The largest absolute Gasteiger partial charge is 0.483 e. The molecule has 7 heteroatoms. The Kier molecular flexibility index (Phi) is 5.65. The van der Waals surface area contributed by atoms with Gasteiger partial charge in [0, 0.05) is 0 Å². The van der Waals surface area contributed by atoms with Crippen LogP contribution < -0.4 is 15.5 Å². The number of carbonyl (C=O) groups excluding carboxylic acids is 2. The van der Waals surface area contributed by atoms with Crippen LogP contribution in [-0.2, 0) is 9.63 Å². The molecule has 2 amide bonds. The van der Waals surface area contributed by atoms with Crippen molar-refractivity contribution in [2.45, 2.75) is 0 Å². The Labute approximate surface area is 132 Å². The van der Waals surface area contributed by atoms with Crippen molar-refractivity contribution in [1.29, 1.82) is 0 Å². The summed E-state index contributed by atoms with van der Waals surface area (Å²) in [5, 5.41) is 2.39. The van der Waals surface area contributed by atoms with Crippen molar-refractivity contribution in [2.24, 2.45) is 0 Å². The van der Waals surface area contributed by atoms with Gasteiger partial charge in [0.2, 0.25) is 0 Å². The minimum atomic E-state index is -0.544. The predicted molar refractivity (Wildman–Crippen MR) is 81.4 cm³/mol. The molecule has 0 saturated carbocycles. The minimum Gasteiger partial charge on any atom is -0.483 e. The molecule has 0 aromatic heterocycles. The Hall–Kier alpha value is -2.93. The van der Waals surface area contributed by atoms with Gasteiger partial charge in [0.25, 0.3) is 11.8 Å². The van der Waals surface area contributed by atoms with Crippen LogP contribution in [-0.4, -0.2) is 25.5 Å². The minimum absolute atomic E-state index is 0.0616. The number of hydroxylamine groups is 1. The highest BCUT2D eigenvalue weighted by Crippen LogP contribution is 2.18. The summed E-state index contributed by atoms with van der Waals surface area (Å²) in [5.41, 5.74) is 2.45. The predicted octanol–water partition coefficient (Wildman–Crippen LogP) is 2.13. The first kappa shape index (κ1) is 16.4. The zero-order valence-corrected chi connectivity index (χ0v) is 12.3. The second-order valence-corrected chi connectivity index (χ2v) is 4.45. The first-order valence-electron chi connectivity index (χ1n) is 6.71. The monoisotopic (exact) mass is 318 g/mol. The molecular formula is C16H15FN2O4. The molecule has 23 heavy (non-hydrogen) atoms. The lowest BCUT2D eigenvalue weighted by Gasteiger charge is -2.11. The molecule has 0 aliphatic carbocycles. The number of rotatable bonds is 6. The Morgan fingerprint density at radius 2 is 1.78 bits per heavy atom. The summed E-state index contributed by atoms with van der Waals surface area (Å²) < 4.78 is 18.8. The van der Waals surface area contributed by atoms with E-state index in [1.807, 2.05) is 0 Å². The lowest BCUT2D eigenvalue weighted by molar-refractivity contribution is -0.118. The summed E-state index contributed by atoms with van der Waals surface area (Å²) >= 11 is 0. The Bertz CT molecular complexity index is 706. The van der Waals surface area contributed by atoms with E-state index in [0.717, 1.165) is 0 Å². The van der Waals surface area contributed by atoms with Crippen LogP contribution in [0.3, 0.4) is 0 Å². The highest BCUT2D eigenvalue weighted by atomic mass is 19.1. The molecule has 0 spiro atoms. The highest BCUT2D eigenvalue weighted by molar-refractivity contribution is 5.96. The maximum Gasteiger partial charge on any atom is 0.278 e. The van der Waals surface area contributed by atoms with E-state index in [9.17, 15) is 14.0 Å². The fourth-order valence-corrected chi connectivity index (χ4v) is 1.82. The Balaban J connectivity index is 1.99. The number of anilines is 1. The number of halogens is 1. The Morgan fingerprint density at radius 1 is 1.09 bits per heavy atom. The van der Waals surface area contributed by atoms with Gasteiger partial charge in [-0.25, -0.2) is 9.87 Å². The molecule has 2 aromatic rings. The van der Waals surface area contributed by atoms with E-state index in [0.29, 0.717) is 0 Å². The van der Waals surface area contributed by atoms with Gasteiger partial charge in [0.05, 0.1) is 18.4 Å². The summed E-state index contributed by atoms with van der Waals surface area (Å²) in [7, 11) is 1.31. The topological polar surface area (TPSA) is 76.7 Å². The van der Waals surface area contributed by atoms with E-state index < -0.39 is 17.6 Å². The van der Waals surface area contributed by atoms with Crippen LogP contribution in [0.15, 0.2) is 48.5 Å². The molecule has 2 aromatic carbocycles. The third kappa shape index (κ3) is 4.52. The van der Waals surface area contributed by atoms with Gasteiger partial charge in [0.15, 0.2) is 6.61 Å². The van der Waals surface area contributed by atoms with Crippen molar-refractivity contribution >= 4 is 17.5 Å². The number of amides is 2. The number of para-hydroxylation sites is 2. The maximum absolute atomic E-state index is 13.4. The van der Waals surface area contributed by atoms with Crippen molar-refractivity contribution < 1.29 is 23.6 Å². The van der Waals surface area contributed by atoms with E-state index in [2.05, 4.69) is 15.6 Å². The molecule has 0 aliphatic rings. The molecule has 2 N–H and O–H groups in total. The van der Waals surface area contributed by atoms with E-state index >= 15 is 0 Å². The summed E-state index contributed by atoms with van der Waals surface area (Å²) in [5.74, 6) is -1.37. The van der Waals surface area contributed by atoms with E-state index in [4.69, 9.17) is 4.74 Å². The van der Waals surface area contributed by atoms with Crippen LogP contribution in [0.25, 0.3) is 0 Å². The molecule has 0 radical (unpaired) electrons.